The Kier molecular flexibility index (Phi) is 3.86. The van der Waals surface area contributed by atoms with Gasteiger partial charge < -0.3 is 9.67 Å². The fourth-order valence-electron chi connectivity index (χ4n) is 3.62. The number of hydrogen-bond donors (Lipinski definition) is 1. The fourth-order valence-corrected chi connectivity index (χ4v) is 4.07. The van der Waals surface area contributed by atoms with E-state index in [0.717, 1.165) is 42.3 Å². The minimum atomic E-state index is 0.233. The third-order valence-electron chi connectivity index (χ3n) is 4.80. The molecule has 0 aliphatic carbocycles. The summed E-state index contributed by atoms with van der Waals surface area (Å²) >= 11 is 2.26. The lowest BCUT2D eigenvalue weighted by atomic mass is 10.1. The van der Waals surface area contributed by atoms with Crippen LogP contribution in [0.15, 0.2) is 85.1 Å². The van der Waals surface area contributed by atoms with Crippen molar-refractivity contribution in [3.05, 3.63) is 88.6 Å². The van der Waals surface area contributed by atoms with Crippen molar-refractivity contribution in [1.29, 1.82) is 0 Å². The average molecular weight is 462 g/mol. The van der Waals surface area contributed by atoms with Crippen LogP contribution in [-0.4, -0.2) is 14.7 Å². The lowest BCUT2D eigenvalue weighted by molar-refractivity contribution is 0.478. The molecule has 3 nitrogen and oxygen atoms in total. The van der Waals surface area contributed by atoms with E-state index >= 15 is 0 Å². The van der Waals surface area contributed by atoms with Crippen LogP contribution < -0.4 is 0 Å². The Morgan fingerprint density at radius 3 is 2.37 bits per heavy atom. The largest absolute Gasteiger partial charge is 0.507 e. The number of benzene rings is 3. The average Bonchev–Trinajstić information content (AvgIpc) is 3.01. The molecule has 2 heterocycles. The van der Waals surface area contributed by atoms with Crippen molar-refractivity contribution in [3.63, 3.8) is 0 Å². The van der Waals surface area contributed by atoms with Gasteiger partial charge in [0.05, 0.1) is 16.7 Å². The molecule has 5 aromatic rings. The molecule has 0 fully saturated rings. The summed E-state index contributed by atoms with van der Waals surface area (Å²) in [4.78, 5) is 4.45. The van der Waals surface area contributed by atoms with Crippen LogP contribution in [0.2, 0.25) is 0 Å². The number of rotatable bonds is 2. The molecule has 0 amide bonds. The van der Waals surface area contributed by atoms with Gasteiger partial charge in [0.15, 0.2) is 0 Å². The molecule has 0 radical (unpaired) electrons. The fraction of sp³-hybridized carbons (Fsp3) is 0. The van der Waals surface area contributed by atoms with Gasteiger partial charge in [-0.3, -0.25) is 4.98 Å². The second-order valence-electron chi connectivity index (χ2n) is 6.43. The molecule has 0 aliphatic heterocycles. The second-order valence-corrected chi connectivity index (χ2v) is 7.68. The van der Waals surface area contributed by atoms with Gasteiger partial charge in [-0.15, -0.1) is 0 Å². The summed E-state index contributed by atoms with van der Waals surface area (Å²) < 4.78 is 3.28. The number of phenols is 1. The molecule has 0 saturated heterocycles. The number of pyridine rings is 1. The van der Waals surface area contributed by atoms with E-state index in [1.165, 1.54) is 0 Å². The normalized spacial score (nSPS) is 11.3. The molecule has 27 heavy (non-hydrogen) atoms. The zero-order chi connectivity index (χ0) is 18.4. The SMILES string of the molecule is Oc1cc2c(cc1-c1cc(I)ccn1)c1ccccc1n2-c1ccccc1. The highest BCUT2D eigenvalue weighted by Crippen LogP contribution is 2.39. The Morgan fingerprint density at radius 2 is 1.56 bits per heavy atom. The Labute approximate surface area is 170 Å². The van der Waals surface area contributed by atoms with Gasteiger partial charge in [0.1, 0.15) is 5.75 Å². The number of phenolic OH excluding ortho intramolecular Hbond substituents is 1. The maximum absolute atomic E-state index is 10.8. The predicted octanol–water partition coefficient (Wildman–Crippen LogP) is 6.16. The number of fused-ring (bicyclic) bond motifs is 3. The first-order valence-corrected chi connectivity index (χ1v) is 9.74. The minimum absolute atomic E-state index is 0.233. The Balaban J connectivity index is 1.88. The van der Waals surface area contributed by atoms with Crippen LogP contribution in [0.4, 0.5) is 0 Å². The van der Waals surface area contributed by atoms with Crippen LogP contribution in [0, 0.1) is 3.57 Å². The van der Waals surface area contributed by atoms with Crippen molar-refractivity contribution >= 4 is 44.4 Å². The summed E-state index contributed by atoms with van der Waals surface area (Å²) in [5.74, 6) is 0.233. The molecule has 0 spiro atoms. The summed E-state index contributed by atoms with van der Waals surface area (Å²) in [6.45, 7) is 0. The minimum Gasteiger partial charge on any atom is -0.507 e. The van der Waals surface area contributed by atoms with Gasteiger partial charge in [0, 0.05) is 37.9 Å². The molecule has 130 valence electrons. The monoisotopic (exact) mass is 462 g/mol. The van der Waals surface area contributed by atoms with E-state index in [4.69, 9.17) is 0 Å². The molecule has 1 N–H and O–H groups in total. The zero-order valence-corrected chi connectivity index (χ0v) is 16.5. The van der Waals surface area contributed by atoms with E-state index in [2.05, 4.69) is 56.4 Å². The summed E-state index contributed by atoms with van der Waals surface area (Å²) in [6.07, 6.45) is 1.77. The highest BCUT2D eigenvalue weighted by Gasteiger charge is 2.16. The molecule has 0 aliphatic rings. The molecule has 0 unspecified atom stereocenters. The highest BCUT2D eigenvalue weighted by atomic mass is 127. The quantitative estimate of drug-likeness (QED) is 0.320. The van der Waals surface area contributed by atoms with E-state index < -0.39 is 0 Å². The first kappa shape index (κ1) is 16.3. The van der Waals surface area contributed by atoms with Crippen LogP contribution in [0.1, 0.15) is 0 Å². The van der Waals surface area contributed by atoms with Crippen LogP contribution in [0.3, 0.4) is 0 Å². The van der Waals surface area contributed by atoms with Gasteiger partial charge >= 0.3 is 0 Å². The number of halogens is 1. The molecule has 5 rings (SSSR count). The summed E-state index contributed by atoms with van der Waals surface area (Å²) in [6, 6.07) is 26.4. The third-order valence-corrected chi connectivity index (χ3v) is 5.47. The second kappa shape index (κ2) is 6.39. The van der Waals surface area contributed by atoms with E-state index in [9.17, 15) is 5.11 Å². The summed E-state index contributed by atoms with van der Waals surface area (Å²) in [5, 5.41) is 13.0. The predicted molar refractivity (Wildman–Crippen MR) is 118 cm³/mol. The molecule has 0 bridgehead atoms. The Bertz CT molecular complexity index is 1290. The molecule has 4 heteroatoms. The van der Waals surface area contributed by atoms with Gasteiger partial charge in [-0.2, -0.15) is 0 Å². The Hall–Kier alpha value is -2.86. The van der Waals surface area contributed by atoms with Gasteiger partial charge in [-0.05, 0) is 59.0 Å². The molecule has 3 aromatic carbocycles. The molecule has 0 saturated carbocycles. The molecular weight excluding hydrogens is 447 g/mol. The van der Waals surface area contributed by atoms with Crippen LogP contribution in [-0.2, 0) is 0 Å². The number of para-hydroxylation sites is 2. The Morgan fingerprint density at radius 1 is 0.778 bits per heavy atom. The van der Waals surface area contributed by atoms with E-state index in [-0.39, 0.29) is 5.75 Å². The van der Waals surface area contributed by atoms with E-state index in [1.54, 1.807) is 6.20 Å². The maximum atomic E-state index is 10.8. The molecular formula is C23H15IN2O. The van der Waals surface area contributed by atoms with Crippen LogP contribution in [0.5, 0.6) is 5.75 Å². The highest BCUT2D eigenvalue weighted by molar-refractivity contribution is 14.1. The lowest BCUT2D eigenvalue weighted by Crippen LogP contribution is -1.93. The van der Waals surface area contributed by atoms with Gasteiger partial charge in [-0.25, -0.2) is 0 Å². The standard InChI is InChI=1S/C23H15IN2O/c24-15-10-11-25-20(12-15)19-13-18-17-8-4-5-9-21(17)26(22(18)14-23(19)27)16-6-2-1-3-7-16/h1-14,27H. The van der Waals surface area contributed by atoms with Crippen LogP contribution >= 0.6 is 22.6 Å². The van der Waals surface area contributed by atoms with Gasteiger partial charge in [-0.1, -0.05) is 36.4 Å². The molecule has 0 atom stereocenters. The maximum Gasteiger partial charge on any atom is 0.127 e. The smallest absolute Gasteiger partial charge is 0.127 e. The lowest BCUT2D eigenvalue weighted by Gasteiger charge is -2.09. The van der Waals surface area contributed by atoms with Crippen molar-refractivity contribution < 1.29 is 5.11 Å². The summed E-state index contributed by atoms with van der Waals surface area (Å²) in [5.41, 5.74) is 4.69. The van der Waals surface area contributed by atoms with E-state index in [0.29, 0.717) is 0 Å². The van der Waals surface area contributed by atoms with Crippen molar-refractivity contribution in [1.82, 2.24) is 9.55 Å². The third kappa shape index (κ3) is 2.68. The van der Waals surface area contributed by atoms with E-state index in [1.807, 2.05) is 54.6 Å². The first-order chi connectivity index (χ1) is 13.2. The van der Waals surface area contributed by atoms with Crippen molar-refractivity contribution in [2.45, 2.75) is 0 Å². The van der Waals surface area contributed by atoms with Crippen molar-refractivity contribution in [2.75, 3.05) is 0 Å². The number of aromatic nitrogens is 2. The molecule has 2 aromatic heterocycles. The van der Waals surface area contributed by atoms with Crippen molar-refractivity contribution in [2.24, 2.45) is 0 Å². The van der Waals surface area contributed by atoms with Crippen LogP contribution in [0.25, 0.3) is 38.8 Å². The number of hydrogen-bond acceptors (Lipinski definition) is 2. The number of aromatic hydroxyl groups is 1. The van der Waals surface area contributed by atoms with Gasteiger partial charge in [0.2, 0.25) is 0 Å². The first-order valence-electron chi connectivity index (χ1n) is 8.66. The van der Waals surface area contributed by atoms with Crippen molar-refractivity contribution in [3.8, 4) is 22.7 Å². The topological polar surface area (TPSA) is 38.1 Å². The summed E-state index contributed by atoms with van der Waals surface area (Å²) in [7, 11) is 0. The number of nitrogens with zero attached hydrogens (tertiary/aromatic N) is 2. The van der Waals surface area contributed by atoms with Gasteiger partial charge in [0.25, 0.3) is 0 Å². The zero-order valence-electron chi connectivity index (χ0n) is 14.3.